The Balaban J connectivity index is 1.52. The third-order valence-corrected chi connectivity index (χ3v) is 7.86. The molecule has 29 heavy (non-hydrogen) atoms. The van der Waals surface area contributed by atoms with Crippen molar-refractivity contribution in [3.63, 3.8) is 0 Å². The minimum Gasteiger partial charge on any atom is -0.381 e. The van der Waals surface area contributed by atoms with E-state index in [1.807, 2.05) is 6.07 Å². The Morgan fingerprint density at radius 1 is 1.14 bits per heavy atom. The SMILES string of the molecule is COC1CCC(NC(=O)c2ccc3n(c2=O)C[C@H]2C[C@@H]3CN(S(C)(=O)=O)C2)CC1. The van der Waals surface area contributed by atoms with E-state index in [2.05, 4.69) is 5.32 Å². The maximum atomic E-state index is 13.1. The first kappa shape index (κ1) is 20.6. The number of fused-ring (bicyclic) bond motifs is 4. The Bertz CT molecular complexity index is 949. The summed E-state index contributed by atoms with van der Waals surface area (Å²) in [4.78, 5) is 25.8. The molecule has 9 heteroatoms. The minimum absolute atomic E-state index is 0.00800. The molecule has 0 radical (unpaired) electrons. The summed E-state index contributed by atoms with van der Waals surface area (Å²) in [5, 5.41) is 3.01. The first-order valence-electron chi connectivity index (χ1n) is 10.3. The number of sulfonamides is 1. The number of ether oxygens (including phenoxy) is 1. The predicted octanol–water partition coefficient (Wildman–Crippen LogP) is 0.914. The topological polar surface area (TPSA) is 97.7 Å². The highest BCUT2D eigenvalue weighted by molar-refractivity contribution is 7.88. The molecule has 3 heterocycles. The zero-order chi connectivity index (χ0) is 20.8. The van der Waals surface area contributed by atoms with E-state index in [0.717, 1.165) is 37.8 Å². The number of nitrogens with zero attached hydrogens (tertiary/aromatic N) is 2. The van der Waals surface area contributed by atoms with Crippen molar-refractivity contribution < 1.29 is 17.9 Å². The van der Waals surface area contributed by atoms with E-state index >= 15 is 0 Å². The second-order valence-electron chi connectivity index (χ2n) is 8.65. The summed E-state index contributed by atoms with van der Waals surface area (Å²) in [7, 11) is -1.54. The van der Waals surface area contributed by atoms with E-state index < -0.39 is 10.0 Å². The molecule has 2 atom stereocenters. The number of pyridine rings is 1. The number of methoxy groups -OCH3 is 1. The Labute approximate surface area is 171 Å². The number of nitrogens with one attached hydrogen (secondary N) is 1. The van der Waals surface area contributed by atoms with Crippen molar-refractivity contribution in [2.45, 2.75) is 56.7 Å². The lowest BCUT2D eigenvalue weighted by Gasteiger charge is -2.41. The van der Waals surface area contributed by atoms with Crippen LogP contribution in [0.1, 0.15) is 54.1 Å². The van der Waals surface area contributed by atoms with Gasteiger partial charge >= 0.3 is 0 Å². The van der Waals surface area contributed by atoms with E-state index in [-0.39, 0.29) is 41.0 Å². The lowest BCUT2D eigenvalue weighted by atomic mass is 9.84. The van der Waals surface area contributed by atoms with Gasteiger partial charge in [0.15, 0.2) is 0 Å². The first-order valence-corrected chi connectivity index (χ1v) is 12.1. The number of carbonyl (C=O) groups is 1. The van der Waals surface area contributed by atoms with Crippen LogP contribution < -0.4 is 10.9 Å². The molecular formula is C20H29N3O5S. The highest BCUT2D eigenvalue weighted by atomic mass is 32.2. The lowest BCUT2D eigenvalue weighted by Crippen LogP contribution is -2.49. The monoisotopic (exact) mass is 423 g/mol. The molecule has 0 unspecified atom stereocenters. The van der Waals surface area contributed by atoms with Crippen LogP contribution in [-0.4, -0.2) is 61.8 Å². The van der Waals surface area contributed by atoms with Gasteiger partial charge in [-0.2, -0.15) is 0 Å². The number of carbonyl (C=O) groups excluding carboxylic acids is 1. The average Bonchev–Trinajstić information content (AvgIpc) is 2.68. The summed E-state index contributed by atoms with van der Waals surface area (Å²) in [5.41, 5.74) is 0.729. The van der Waals surface area contributed by atoms with Gasteiger partial charge in [0.1, 0.15) is 5.56 Å². The summed E-state index contributed by atoms with van der Waals surface area (Å²) in [5.74, 6) is -0.234. The fourth-order valence-corrected chi connectivity index (χ4v) is 5.98. The second-order valence-corrected chi connectivity index (χ2v) is 10.6. The smallest absolute Gasteiger partial charge is 0.263 e. The van der Waals surface area contributed by atoms with Crippen LogP contribution in [0.15, 0.2) is 16.9 Å². The molecule has 2 fully saturated rings. The fourth-order valence-electron chi connectivity index (χ4n) is 5.05. The van der Waals surface area contributed by atoms with Crippen molar-refractivity contribution in [2.75, 3.05) is 26.5 Å². The molecule has 0 spiro atoms. The van der Waals surface area contributed by atoms with E-state index in [9.17, 15) is 18.0 Å². The molecule has 1 amide bonds. The van der Waals surface area contributed by atoms with Crippen LogP contribution in [0.2, 0.25) is 0 Å². The summed E-state index contributed by atoms with van der Waals surface area (Å²) in [6.45, 7) is 1.28. The molecular weight excluding hydrogens is 394 g/mol. The van der Waals surface area contributed by atoms with Crippen LogP contribution in [0.25, 0.3) is 0 Å². The molecule has 0 aromatic carbocycles. The molecule has 160 valence electrons. The summed E-state index contributed by atoms with van der Waals surface area (Å²) < 4.78 is 32.5. The molecule has 3 aliphatic rings. The Morgan fingerprint density at radius 2 is 1.86 bits per heavy atom. The molecule has 1 aromatic rings. The first-order chi connectivity index (χ1) is 13.8. The van der Waals surface area contributed by atoms with Crippen molar-refractivity contribution in [3.05, 3.63) is 33.7 Å². The van der Waals surface area contributed by atoms with Gasteiger partial charge in [-0.1, -0.05) is 0 Å². The average molecular weight is 424 g/mol. The van der Waals surface area contributed by atoms with Crippen LogP contribution in [0.4, 0.5) is 0 Å². The van der Waals surface area contributed by atoms with Gasteiger partial charge in [0.05, 0.1) is 12.4 Å². The van der Waals surface area contributed by atoms with Gasteiger partial charge in [-0.05, 0) is 50.2 Å². The van der Waals surface area contributed by atoms with Gasteiger partial charge in [-0.25, -0.2) is 12.7 Å². The number of hydrogen-bond acceptors (Lipinski definition) is 5. The van der Waals surface area contributed by atoms with E-state index in [1.165, 1.54) is 10.6 Å². The largest absolute Gasteiger partial charge is 0.381 e. The van der Waals surface area contributed by atoms with Gasteiger partial charge in [-0.3, -0.25) is 9.59 Å². The number of aromatic nitrogens is 1. The zero-order valence-electron chi connectivity index (χ0n) is 17.0. The maximum Gasteiger partial charge on any atom is 0.263 e. The maximum absolute atomic E-state index is 13.1. The Kier molecular flexibility index (Phi) is 5.56. The quantitative estimate of drug-likeness (QED) is 0.777. The second kappa shape index (κ2) is 7.85. The number of rotatable bonds is 4. The molecule has 1 aliphatic carbocycles. The number of hydrogen-bond donors (Lipinski definition) is 1. The normalized spacial score (nSPS) is 29.9. The van der Waals surface area contributed by atoms with Crippen LogP contribution in [0.5, 0.6) is 0 Å². The molecule has 4 rings (SSSR count). The molecule has 1 saturated heterocycles. The third kappa shape index (κ3) is 4.13. The van der Waals surface area contributed by atoms with Crippen LogP contribution in [-0.2, 0) is 21.3 Å². The van der Waals surface area contributed by atoms with Crippen molar-refractivity contribution in [3.8, 4) is 0 Å². The van der Waals surface area contributed by atoms with Crippen LogP contribution in [0.3, 0.4) is 0 Å². The lowest BCUT2D eigenvalue weighted by molar-refractivity contribution is 0.0599. The molecule has 2 bridgehead atoms. The van der Waals surface area contributed by atoms with Crippen molar-refractivity contribution in [2.24, 2.45) is 5.92 Å². The van der Waals surface area contributed by atoms with Gasteiger partial charge in [0.2, 0.25) is 10.0 Å². The molecule has 8 nitrogen and oxygen atoms in total. The van der Waals surface area contributed by atoms with Crippen molar-refractivity contribution >= 4 is 15.9 Å². The summed E-state index contributed by atoms with van der Waals surface area (Å²) >= 11 is 0. The minimum atomic E-state index is -3.25. The third-order valence-electron chi connectivity index (χ3n) is 6.63. The Morgan fingerprint density at radius 3 is 2.52 bits per heavy atom. The van der Waals surface area contributed by atoms with E-state index in [4.69, 9.17) is 4.74 Å². The van der Waals surface area contributed by atoms with Gasteiger partial charge < -0.3 is 14.6 Å². The zero-order valence-corrected chi connectivity index (χ0v) is 17.8. The molecule has 1 aromatic heterocycles. The van der Waals surface area contributed by atoms with Crippen molar-refractivity contribution in [1.82, 2.24) is 14.2 Å². The highest BCUT2D eigenvalue weighted by Gasteiger charge is 2.38. The van der Waals surface area contributed by atoms with E-state index in [1.54, 1.807) is 17.7 Å². The highest BCUT2D eigenvalue weighted by Crippen LogP contribution is 2.36. The molecule has 1 N–H and O–H groups in total. The van der Waals surface area contributed by atoms with Gasteiger partial charge in [0, 0.05) is 44.4 Å². The number of piperidine rings is 1. The number of amides is 1. The molecule has 2 aliphatic heterocycles. The molecule has 1 saturated carbocycles. The van der Waals surface area contributed by atoms with Gasteiger partial charge in [-0.15, -0.1) is 0 Å². The predicted molar refractivity (Wildman–Crippen MR) is 108 cm³/mol. The summed E-state index contributed by atoms with van der Waals surface area (Å²) in [6, 6.07) is 3.49. The summed E-state index contributed by atoms with van der Waals surface area (Å²) in [6.07, 6.45) is 5.87. The van der Waals surface area contributed by atoms with Crippen LogP contribution in [0, 0.1) is 5.92 Å². The Hall–Kier alpha value is -1.71. The van der Waals surface area contributed by atoms with Crippen molar-refractivity contribution in [1.29, 1.82) is 0 Å². The standard InChI is InChI=1S/C20H29N3O5S/c1-28-16-5-3-15(4-6-16)21-19(24)17-7-8-18-14-9-13(11-23(18)20(17)25)10-22(12-14)29(2,26)27/h7-8,13-16H,3-6,9-12H2,1-2H3,(H,21,24)/t13-,14+,15?,16?/m0/s1. The van der Waals surface area contributed by atoms with Crippen LogP contribution >= 0.6 is 0 Å². The fraction of sp³-hybridized carbons (Fsp3) is 0.700. The van der Waals surface area contributed by atoms with Gasteiger partial charge in [0.25, 0.3) is 11.5 Å². The van der Waals surface area contributed by atoms with E-state index in [0.29, 0.717) is 19.6 Å².